The van der Waals surface area contributed by atoms with E-state index < -0.39 is 11.6 Å². The van der Waals surface area contributed by atoms with Gasteiger partial charge in [-0.15, -0.1) is 0 Å². The van der Waals surface area contributed by atoms with Gasteiger partial charge in [-0.3, -0.25) is 4.90 Å². The van der Waals surface area contributed by atoms with Crippen molar-refractivity contribution in [2.75, 3.05) is 40.3 Å². The molecular formula is C15H23F2N3. The first-order valence-corrected chi connectivity index (χ1v) is 7.10. The van der Waals surface area contributed by atoms with Crippen LogP contribution in [0.4, 0.5) is 8.78 Å². The van der Waals surface area contributed by atoms with Gasteiger partial charge in [0.05, 0.1) is 0 Å². The minimum atomic E-state index is -0.793. The molecule has 0 saturated carbocycles. The van der Waals surface area contributed by atoms with E-state index in [1.807, 2.05) is 6.92 Å². The van der Waals surface area contributed by atoms with Gasteiger partial charge in [0.25, 0.3) is 0 Å². The van der Waals surface area contributed by atoms with Crippen LogP contribution in [0.25, 0.3) is 0 Å². The first-order valence-electron chi connectivity index (χ1n) is 7.10. The molecule has 0 radical (unpaired) electrons. The molecule has 3 nitrogen and oxygen atoms in total. The Hall–Kier alpha value is -1.04. The zero-order chi connectivity index (χ0) is 14.7. The van der Waals surface area contributed by atoms with Crippen LogP contribution in [0.1, 0.15) is 18.5 Å². The Morgan fingerprint density at radius 1 is 1.25 bits per heavy atom. The number of likely N-dealkylation sites (N-methyl/N-ethyl adjacent to an activating group) is 3. The van der Waals surface area contributed by atoms with Crippen molar-refractivity contribution in [2.24, 2.45) is 0 Å². The van der Waals surface area contributed by atoms with E-state index in [0.29, 0.717) is 0 Å². The summed E-state index contributed by atoms with van der Waals surface area (Å²) in [5, 5.41) is 3.41. The Morgan fingerprint density at radius 3 is 2.65 bits per heavy atom. The summed E-state index contributed by atoms with van der Waals surface area (Å²) < 4.78 is 26.6. The Morgan fingerprint density at radius 2 is 2.00 bits per heavy atom. The molecule has 0 aromatic heterocycles. The summed E-state index contributed by atoms with van der Waals surface area (Å²) in [7, 11) is 4.18. The number of piperazine rings is 1. The van der Waals surface area contributed by atoms with Crippen LogP contribution >= 0.6 is 0 Å². The number of halogens is 2. The predicted octanol–water partition coefficient (Wildman–Crippen LogP) is 1.86. The summed E-state index contributed by atoms with van der Waals surface area (Å²) in [6, 6.07) is 4.45. The fraction of sp³-hybridized carbons (Fsp3) is 0.600. The molecule has 2 rings (SSSR count). The van der Waals surface area contributed by atoms with Crippen LogP contribution < -0.4 is 5.32 Å². The van der Waals surface area contributed by atoms with Crippen molar-refractivity contribution in [3.05, 3.63) is 35.4 Å². The molecular weight excluding hydrogens is 260 g/mol. The number of hydrogen-bond acceptors (Lipinski definition) is 3. The van der Waals surface area contributed by atoms with Crippen molar-refractivity contribution in [2.45, 2.75) is 19.0 Å². The second-order valence-corrected chi connectivity index (χ2v) is 5.52. The van der Waals surface area contributed by atoms with Crippen LogP contribution in [0, 0.1) is 11.6 Å². The molecule has 1 aliphatic rings. The van der Waals surface area contributed by atoms with Crippen molar-refractivity contribution in [1.29, 1.82) is 0 Å². The van der Waals surface area contributed by atoms with Gasteiger partial charge in [-0.2, -0.15) is 0 Å². The van der Waals surface area contributed by atoms with Gasteiger partial charge in [0.1, 0.15) is 0 Å². The lowest BCUT2D eigenvalue weighted by Gasteiger charge is -2.42. The number of nitrogens with zero attached hydrogens (tertiary/aromatic N) is 2. The zero-order valence-corrected chi connectivity index (χ0v) is 12.4. The molecule has 0 aliphatic carbocycles. The fourth-order valence-electron chi connectivity index (χ4n) is 2.81. The molecule has 5 heteroatoms. The van der Waals surface area contributed by atoms with Crippen LogP contribution in [-0.4, -0.2) is 56.1 Å². The third kappa shape index (κ3) is 3.34. The summed E-state index contributed by atoms with van der Waals surface area (Å²) in [6.07, 6.45) is 0. The van der Waals surface area contributed by atoms with Gasteiger partial charge in [-0.05, 0) is 38.3 Å². The lowest BCUT2D eigenvalue weighted by Crippen LogP contribution is -2.55. The number of rotatable bonds is 4. The predicted molar refractivity (Wildman–Crippen MR) is 76.7 cm³/mol. The number of nitrogens with one attached hydrogen (secondary N) is 1. The highest BCUT2D eigenvalue weighted by Gasteiger charge is 2.30. The molecule has 112 valence electrons. The van der Waals surface area contributed by atoms with Gasteiger partial charge >= 0.3 is 0 Å². The summed E-state index contributed by atoms with van der Waals surface area (Å²) in [5.41, 5.74) is 0.804. The summed E-state index contributed by atoms with van der Waals surface area (Å²) in [5.74, 6) is -1.57. The van der Waals surface area contributed by atoms with Crippen LogP contribution in [0.2, 0.25) is 0 Å². The highest BCUT2D eigenvalue weighted by molar-refractivity contribution is 5.23. The minimum absolute atomic E-state index is 0.00264. The van der Waals surface area contributed by atoms with E-state index in [1.54, 1.807) is 6.07 Å². The molecule has 1 fully saturated rings. The molecule has 2 unspecified atom stereocenters. The monoisotopic (exact) mass is 283 g/mol. The second-order valence-electron chi connectivity index (χ2n) is 5.52. The van der Waals surface area contributed by atoms with E-state index in [9.17, 15) is 8.78 Å². The van der Waals surface area contributed by atoms with Crippen molar-refractivity contribution in [3.8, 4) is 0 Å². The molecule has 0 bridgehead atoms. The molecule has 0 spiro atoms. The molecule has 1 saturated heterocycles. The zero-order valence-electron chi connectivity index (χ0n) is 12.4. The Labute approximate surface area is 119 Å². The van der Waals surface area contributed by atoms with Crippen molar-refractivity contribution >= 4 is 0 Å². The number of hydrogen-bond donors (Lipinski definition) is 1. The fourth-order valence-corrected chi connectivity index (χ4v) is 2.81. The SMILES string of the molecule is CCNC(c1ccc(F)c(F)c1)C1CN(C)CCN1C. The van der Waals surface area contributed by atoms with Crippen molar-refractivity contribution in [3.63, 3.8) is 0 Å². The maximum atomic E-state index is 13.5. The molecule has 2 atom stereocenters. The van der Waals surface area contributed by atoms with Gasteiger partial charge in [-0.1, -0.05) is 13.0 Å². The molecule has 1 aliphatic heterocycles. The maximum absolute atomic E-state index is 13.5. The molecule has 1 aromatic rings. The highest BCUT2D eigenvalue weighted by Crippen LogP contribution is 2.24. The number of benzene rings is 1. The van der Waals surface area contributed by atoms with Crippen molar-refractivity contribution < 1.29 is 8.78 Å². The first-order chi connectivity index (χ1) is 9.52. The average molecular weight is 283 g/mol. The summed E-state index contributed by atoms with van der Waals surface area (Å²) >= 11 is 0. The standard InChI is InChI=1S/C15H23F2N3/c1-4-18-15(11-5-6-12(16)13(17)9-11)14-10-19(2)7-8-20(14)3/h5-6,9,14-15,18H,4,7-8,10H2,1-3H3. The molecule has 1 N–H and O–H groups in total. The third-order valence-corrected chi connectivity index (χ3v) is 4.01. The second kappa shape index (κ2) is 6.61. The summed E-state index contributed by atoms with van der Waals surface area (Å²) in [6.45, 7) is 5.74. The van der Waals surface area contributed by atoms with E-state index in [-0.39, 0.29) is 12.1 Å². The van der Waals surface area contributed by atoms with Gasteiger partial charge < -0.3 is 10.2 Å². The Balaban J connectivity index is 2.27. The normalized spacial score (nSPS) is 22.9. The van der Waals surface area contributed by atoms with E-state index in [2.05, 4.69) is 29.2 Å². The van der Waals surface area contributed by atoms with Gasteiger partial charge in [0, 0.05) is 31.7 Å². The Kier molecular flexibility index (Phi) is 5.07. The average Bonchev–Trinajstić information content (AvgIpc) is 2.42. The van der Waals surface area contributed by atoms with Gasteiger partial charge in [-0.25, -0.2) is 8.78 Å². The van der Waals surface area contributed by atoms with Crippen LogP contribution in [0.5, 0.6) is 0 Å². The largest absolute Gasteiger partial charge is 0.309 e. The topological polar surface area (TPSA) is 18.5 Å². The minimum Gasteiger partial charge on any atom is -0.309 e. The van der Waals surface area contributed by atoms with Gasteiger partial charge in [0.2, 0.25) is 0 Å². The van der Waals surface area contributed by atoms with Crippen molar-refractivity contribution in [1.82, 2.24) is 15.1 Å². The quantitative estimate of drug-likeness (QED) is 0.910. The smallest absolute Gasteiger partial charge is 0.159 e. The molecule has 0 amide bonds. The Bertz CT molecular complexity index is 453. The van der Waals surface area contributed by atoms with E-state index >= 15 is 0 Å². The molecule has 1 heterocycles. The lowest BCUT2D eigenvalue weighted by molar-refractivity contribution is 0.0879. The van der Waals surface area contributed by atoms with Crippen LogP contribution in [0.15, 0.2) is 18.2 Å². The molecule has 1 aromatic carbocycles. The van der Waals surface area contributed by atoms with E-state index in [0.717, 1.165) is 31.7 Å². The highest BCUT2D eigenvalue weighted by atomic mass is 19.2. The maximum Gasteiger partial charge on any atom is 0.159 e. The van der Waals surface area contributed by atoms with Gasteiger partial charge in [0.15, 0.2) is 11.6 Å². The summed E-state index contributed by atoms with van der Waals surface area (Å²) in [4.78, 5) is 4.56. The molecule has 20 heavy (non-hydrogen) atoms. The van der Waals surface area contributed by atoms with E-state index in [1.165, 1.54) is 12.1 Å². The van der Waals surface area contributed by atoms with Crippen LogP contribution in [-0.2, 0) is 0 Å². The first kappa shape index (κ1) is 15.4. The third-order valence-electron chi connectivity index (χ3n) is 4.01. The van der Waals surface area contributed by atoms with Crippen LogP contribution in [0.3, 0.4) is 0 Å². The van der Waals surface area contributed by atoms with E-state index in [4.69, 9.17) is 0 Å². The lowest BCUT2D eigenvalue weighted by atomic mass is 9.96.